The average molecular weight is 497 g/mol. The quantitative estimate of drug-likeness (QED) is 0.552. The molecule has 2 aromatic rings. The van der Waals surface area contributed by atoms with Crippen LogP contribution in [-0.4, -0.2) is 70.2 Å². The molecule has 1 amide bonds. The molecule has 1 aromatic heterocycles. The van der Waals surface area contributed by atoms with Gasteiger partial charge < -0.3 is 14.4 Å². The molecule has 2 unspecified atom stereocenters. The molecular weight excluding hydrogens is 461 g/mol. The first kappa shape index (κ1) is 25.8. The zero-order valence-electron chi connectivity index (χ0n) is 20.9. The number of rotatable bonds is 4. The third kappa shape index (κ3) is 6.27. The Kier molecular flexibility index (Phi) is 7.33. The van der Waals surface area contributed by atoms with E-state index in [1.54, 1.807) is 31.9 Å². The molecule has 194 valence electrons. The van der Waals surface area contributed by atoms with Gasteiger partial charge in [0.25, 0.3) is 0 Å². The fraction of sp³-hybridized carbons (Fsp3) is 0.680. The predicted molar refractivity (Wildman–Crippen MR) is 126 cm³/mol. The summed E-state index contributed by atoms with van der Waals surface area (Å²) in [5, 5.41) is 5.47. The maximum absolute atomic E-state index is 13.1. The van der Waals surface area contributed by atoms with Crippen molar-refractivity contribution >= 4 is 17.0 Å². The van der Waals surface area contributed by atoms with Crippen LogP contribution in [0.3, 0.4) is 0 Å². The summed E-state index contributed by atoms with van der Waals surface area (Å²) < 4.78 is 52.5. The largest absolute Gasteiger partial charge is 0.444 e. The van der Waals surface area contributed by atoms with E-state index in [4.69, 9.17) is 9.47 Å². The van der Waals surface area contributed by atoms with Gasteiger partial charge in [-0.25, -0.2) is 9.48 Å². The fourth-order valence-electron chi connectivity index (χ4n) is 4.87. The minimum absolute atomic E-state index is 0.105. The van der Waals surface area contributed by atoms with Gasteiger partial charge in [0.15, 0.2) is 6.23 Å². The molecule has 0 saturated carbocycles. The topological polar surface area (TPSA) is 59.8 Å². The van der Waals surface area contributed by atoms with Gasteiger partial charge in [-0.1, -0.05) is 0 Å². The van der Waals surface area contributed by atoms with Crippen LogP contribution in [0, 0.1) is 6.92 Å². The second-order valence-electron chi connectivity index (χ2n) is 10.5. The first-order valence-electron chi connectivity index (χ1n) is 12.3. The van der Waals surface area contributed by atoms with Gasteiger partial charge in [-0.05, 0) is 70.2 Å². The number of alkyl halides is 3. The van der Waals surface area contributed by atoms with E-state index >= 15 is 0 Å². The van der Waals surface area contributed by atoms with E-state index in [0.29, 0.717) is 19.7 Å². The maximum atomic E-state index is 13.1. The van der Waals surface area contributed by atoms with Crippen LogP contribution in [0.25, 0.3) is 10.9 Å². The molecule has 0 aliphatic carbocycles. The molecule has 35 heavy (non-hydrogen) atoms. The van der Waals surface area contributed by atoms with Gasteiger partial charge in [-0.3, -0.25) is 4.90 Å². The molecule has 2 fully saturated rings. The van der Waals surface area contributed by atoms with Gasteiger partial charge in [0.1, 0.15) is 5.60 Å². The number of halogens is 3. The number of ether oxygens (including phenoxy) is 2. The molecule has 0 bridgehead atoms. The van der Waals surface area contributed by atoms with Crippen molar-refractivity contribution in [3.05, 3.63) is 29.5 Å². The summed E-state index contributed by atoms with van der Waals surface area (Å²) in [5.74, 6) is 0. The van der Waals surface area contributed by atoms with Crippen molar-refractivity contribution in [1.29, 1.82) is 0 Å². The van der Waals surface area contributed by atoms with E-state index in [0.717, 1.165) is 41.3 Å². The number of carbonyl (C=O) groups is 1. The highest BCUT2D eigenvalue weighted by Gasteiger charge is 2.36. The molecule has 3 heterocycles. The summed E-state index contributed by atoms with van der Waals surface area (Å²) >= 11 is 0. The molecule has 0 spiro atoms. The maximum Gasteiger partial charge on any atom is 0.410 e. The van der Waals surface area contributed by atoms with Crippen LogP contribution in [0.4, 0.5) is 18.0 Å². The van der Waals surface area contributed by atoms with Crippen molar-refractivity contribution in [2.75, 3.05) is 32.8 Å². The number of amides is 1. The van der Waals surface area contributed by atoms with Crippen molar-refractivity contribution in [3.63, 3.8) is 0 Å². The Labute approximate surface area is 204 Å². The number of benzene rings is 1. The molecule has 4 rings (SSSR count). The Hall–Kier alpha value is -2.33. The van der Waals surface area contributed by atoms with Gasteiger partial charge in [-0.2, -0.15) is 18.3 Å². The van der Waals surface area contributed by atoms with Gasteiger partial charge >= 0.3 is 12.3 Å². The highest BCUT2D eigenvalue weighted by molar-refractivity contribution is 5.81. The number of hydrogen-bond donors (Lipinski definition) is 0. The van der Waals surface area contributed by atoms with Crippen molar-refractivity contribution in [1.82, 2.24) is 19.6 Å². The fourth-order valence-corrected chi connectivity index (χ4v) is 4.87. The second kappa shape index (κ2) is 9.97. The lowest BCUT2D eigenvalue weighted by atomic mass is 9.95. The summed E-state index contributed by atoms with van der Waals surface area (Å²) in [6, 6.07) is 3.66. The zero-order chi connectivity index (χ0) is 25.4. The van der Waals surface area contributed by atoms with E-state index in [2.05, 4.69) is 5.10 Å². The number of aryl methyl sites for hydroxylation is 1. The SMILES string of the molecule is Cc1cc2c(cnn2C2CCCCO2)cc1C1CN(C(=O)OC(C)(C)C)CCN1CCC(F)(F)F. The number of nitrogens with zero attached hydrogens (tertiary/aromatic N) is 4. The number of hydrogen-bond acceptors (Lipinski definition) is 5. The molecule has 7 nitrogen and oxygen atoms in total. The van der Waals surface area contributed by atoms with E-state index in [-0.39, 0.29) is 25.4 Å². The van der Waals surface area contributed by atoms with Crippen molar-refractivity contribution < 1.29 is 27.4 Å². The number of carbonyl (C=O) groups excluding carboxylic acids is 1. The minimum atomic E-state index is -4.24. The van der Waals surface area contributed by atoms with Crippen LogP contribution >= 0.6 is 0 Å². The van der Waals surface area contributed by atoms with Crippen LogP contribution in [0.15, 0.2) is 18.3 Å². The average Bonchev–Trinajstić information content (AvgIpc) is 3.18. The summed E-state index contributed by atoms with van der Waals surface area (Å²) in [7, 11) is 0. The summed E-state index contributed by atoms with van der Waals surface area (Å²) in [6.07, 6.45) is -0.879. The summed E-state index contributed by atoms with van der Waals surface area (Å²) in [5.41, 5.74) is 2.14. The number of fused-ring (bicyclic) bond motifs is 1. The molecule has 2 aliphatic rings. The van der Waals surface area contributed by atoms with Crippen LogP contribution in [0.2, 0.25) is 0 Å². The smallest absolute Gasteiger partial charge is 0.410 e. The number of aromatic nitrogens is 2. The predicted octanol–water partition coefficient (Wildman–Crippen LogP) is 5.59. The lowest BCUT2D eigenvalue weighted by molar-refractivity contribution is -0.140. The standard InChI is InChI=1S/C25H35F3N4O3/c1-17-13-20-18(15-29-32(20)22-7-5-6-12-34-22)14-19(17)21-16-31(23(33)35-24(2,3)4)11-10-30(21)9-8-25(26,27)28/h13-15,21-22H,5-12,16H2,1-4H3. The lowest BCUT2D eigenvalue weighted by Crippen LogP contribution is -2.52. The Morgan fingerprint density at radius 3 is 2.63 bits per heavy atom. The van der Waals surface area contributed by atoms with E-state index in [9.17, 15) is 18.0 Å². The monoisotopic (exact) mass is 496 g/mol. The Balaban J connectivity index is 1.63. The van der Waals surface area contributed by atoms with Gasteiger partial charge in [0, 0.05) is 38.2 Å². The lowest BCUT2D eigenvalue weighted by Gasteiger charge is -2.42. The molecular formula is C25H35F3N4O3. The first-order valence-corrected chi connectivity index (χ1v) is 12.3. The second-order valence-corrected chi connectivity index (χ2v) is 10.5. The Morgan fingerprint density at radius 1 is 1.20 bits per heavy atom. The highest BCUT2D eigenvalue weighted by atomic mass is 19.4. The normalized spacial score (nSPS) is 22.5. The van der Waals surface area contributed by atoms with Crippen molar-refractivity contribution in [2.45, 2.75) is 77.4 Å². The third-order valence-electron chi connectivity index (χ3n) is 6.60. The van der Waals surface area contributed by atoms with E-state index in [1.165, 1.54) is 0 Å². The highest BCUT2D eigenvalue weighted by Crippen LogP contribution is 2.34. The van der Waals surface area contributed by atoms with Gasteiger partial charge in [0.2, 0.25) is 0 Å². The van der Waals surface area contributed by atoms with Crippen LogP contribution in [-0.2, 0) is 9.47 Å². The van der Waals surface area contributed by atoms with Crippen LogP contribution < -0.4 is 0 Å². The Bertz CT molecular complexity index is 1040. The summed E-state index contributed by atoms with van der Waals surface area (Å²) in [6.45, 7) is 8.87. The minimum Gasteiger partial charge on any atom is -0.444 e. The molecule has 2 aliphatic heterocycles. The molecule has 1 aromatic carbocycles. The molecule has 2 atom stereocenters. The molecule has 0 N–H and O–H groups in total. The van der Waals surface area contributed by atoms with Crippen molar-refractivity contribution in [2.24, 2.45) is 0 Å². The summed E-state index contributed by atoms with van der Waals surface area (Å²) in [4.78, 5) is 16.2. The third-order valence-corrected chi connectivity index (χ3v) is 6.60. The van der Waals surface area contributed by atoms with Gasteiger partial charge in [-0.15, -0.1) is 0 Å². The van der Waals surface area contributed by atoms with Gasteiger partial charge in [0.05, 0.1) is 24.2 Å². The Morgan fingerprint density at radius 2 is 1.97 bits per heavy atom. The van der Waals surface area contributed by atoms with E-state index < -0.39 is 24.3 Å². The van der Waals surface area contributed by atoms with Crippen molar-refractivity contribution in [3.8, 4) is 0 Å². The molecule has 2 saturated heterocycles. The number of piperazine rings is 1. The molecule has 10 heteroatoms. The van der Waals surface area contributed by atoms with E-state index in [1.807, 2.05) is 28.6 Å². The first-order chi connectivity index (χ1) is 16.4. The molecule has 0 radical (unpaired) electrons. The van der Waals surface area contributed by atoms with Crippen LogP contribution in [0.1, 0.15) is 69.9 Å². The zero-order valence-corrected chi connectivity index (χ0v) is 20.9. The van der Waals surface area contributed by atoms with Crippen LogP contribution in [0.5, 0.6) is 0 Å².